The third kappa shape index (κ3) is 6.25. The van der Waals surface area contributed by atoms with E-state index in [4.69, 9.17) is 4.74 Å². The Balaban J connectivity index is 1.25. The molecule has 2 saturated heterocycles. The number of rotatable bonds is 8. The van der Waals surface area contributed by atoms with Crippen LogP contribution in [0.5, 0.6) is 0 Å². The lowest BCUT2D eigenvalue weighted by Crippen LogP contribution is -2.48. The van der Waals surface area contributed by atoms with Gasteiger partial charge in [-0.15, -0.1) is 0 Å². The fourth-order valence-corrected chi connectivity index (χ4v) is 5.02. The summed E-state index contributed by atoms with van der Waals surface area (Å²) in [6.07, 6.45) is 0.890. The number of morpholine rings is 1. The minimum Gasteiger partial charge on any atom is -0.384 e. The van der Waals surface area contributed by atoms with E-state index in [0.29, 0.717) is 0 Å². The van der Waals surface area contributed by atoms with Crippen LogP contribution in [-0.2, 0) is 11.2 Å². The zero-order valence-electron chi connectivity index (χ0n) is 20.9. The third-order valence-electron chi connectivity index (χ3n) is 7.13. The first-order chi connectivity index (χ1) is 17.8. The molecule has 2 aliphatic rings. The van der Waals surface area contributed by atoms with Crippen molar-refractivity contribution < 1.29 is 9.53 Å². The quantitative estimate of drug-likeness (QED) is 0.524. The summed E-state index contributed by atoms with van der Waals surface area (Å²) < 4.78 is 5.47. The van der Waals surface area contributed by atoms with Crippen LogP contribution in [-0.4, -0.2) is 81.3 Å². The van der Waals surface area contributed by atoms with Gasteiger partial charge >= 0.3 is 0 Å². The highest BCUT2D eigenvalue weighted by molar-refractivity contribution is 5.94. The van der Waals surface area contributed by atoms with Gasteiger partial charge in [-0.2, -0.15) is 0 Å². The number of benzene rings is 3. The van der Waals surface area contributed by atoms with Crippen LogP contribution < -0.4 is 10.2 Å². The highest BCUT2D eigenvalue weighted by Gasteiger charge is 2.22. The van der Waals surface area contributed by atoms with Crippen molar-refractivity contribution in [3.05, 3.63) is 95.6 Å². The van der Waals surface area contributed by atoms with Crippen LogP contribution in [0, 0.1) is 0 Å². The van der Waals surface area contributed by atoms with E-state index >= 15 is 0 Å². The maximum Gasteiger partial charge on any atom is 0.253 e. The Bertz CT molecular complexity index is 1110. The van der Waals surface area contributed by atoms with Crippen molar-refractivity contribution >= 4 is 17.3 Å². The molecule has 6 heteroatoms. The Labute approximate surface area is 214 Å². The lowest BCUT2D eigenvalue weighted by Gasteiger charge is -2.36. The maximum absolute atomic E-state index is 12.8. The summed E-state index contributed by atoms with van der Waals surface area (Å²) in [5, 5.41) is 3.70. The largest absolute Gasteiger partial charge is 0.384 e. The second kappa shape index (κ2) is 12.1. The van der Waals surface area contributed by atoms with Gasteiger partial charge in [-0.05, 0) is 47.9 Å². The first kappa shape index (κ1) is 24.3. The van der Waals surface area contributed by atoms with Crippen LogP contribution in [0.15, 0.2) is 78.9 Å². The van der Waals surface area contributed by atoms with Gasteiger partial charge in [0.1, 0.15) is 0 Å². The molecule has 6 nitrogen and oxygen atoms in total. The summed E-state index contributed by atoms with van der Waals surface area (Å²) >= 11 is 0. The number of ether oxygens (including phenoxy) is 1. The predicted octanol–water partition coefficient (Wildman–Crippen LogP) is 3.98. The number of carbonyl (C=O) groups is 1. The Morgan fingerprint density at radius 3 is 2.22 bits per heavy atom. The molecule has 188 valence electrons. The Morgan fingerprint density at radius 2 is 1.50 bits per heavy atom. The highest BCUT2D eigenvalue weighted by Crippen LogP contribution is 2.27. The molecule has 36 heavy (non-hydrogen) atoms. The molecule has 0 aromatic heterocycles. The molecule has 0 atom stereocenters. The van der Waals surface area contributed by atoms with Crippen LogP contribution >= 0.6 is 0 Å². The zero-order valence-corrected chi connectivity index (χ0v) is 20.9. The molecule has 0 spiro atoms. The van der Waals surface area contributed by atoms with Gasteiger partial charge in [0.25, 0.3) is 5.91 Å². The molecule has 0 saturated carbocycles. The van der Waals surface area contributed by atoms with Gasteiger partial charge in [-0.25, -0.2) is 0 Å². The van der Waals surface area contributed by atoms with Crippen molar-refractivity contribution in [1.82, 2.24) is 9.80 Å². The Hall–Kier alpha value is -3.35. The average molecular weight is 485 g/mol. The molecule has 2 fully saturated rings. The first-order valence-electron chi connectivity index (χ1n) is 13.1. The number of nitrogens with one attached hydrogen (secondary N) is 1. The molecule has 0 bridgehead atoms. The number of nitrogens with zero attached hydrogens (tertiary/aromatic N) is 3. The van der Waals surface area contributed by atoms with Crippen LogP contribution in [0.3, 0.4) is 0 Å². The summed E-state index contributed by atoms with van der Waals surface area (Å²) in [6.45, 7) is 8.78. The summed E-state index contributed by atoms with van der Waals surface area (Å²) in [5.41, 5.74) is 5.82. The van der Waals surface area contributed by atoms with Gasteiger partial charge in [0.2, 0.25) is 0 Å². The maximum atomic E-state index is 12.8. The van der Waals surface area contributed by atoms with Crippen molar-refractivity contribution in [3.63, 3.8) is 0 Å². The second-order valence-electron chi connectivity index (χ2n) is 9.53. The monoisotopic (exact) mass is 484 g/mol. The minimum atomic E-state index is 0.125. The minimum absolute atomic E-state index is 0.125. The van der Waals surface area contributed by atoms with Gasteiger partial charge < -0.3 is 19.9 Å². The van der Waals surface area contributed by atoms with Gasteiger partial charge in [-0.1, -0.05) is 48.5 Å². The van der Waals surface area contributed by atoms with Crippen LogP contribution in [0.25, 0.3) is 0 Å². The summed E-state index contributed by atoms with van der Waals surface area (Å²) in [5.74, 6) is 0.125. The SMILES string of the molecule is O=C(c1ccccc1)N1CCN(c2ccc(NCCN3CCOCC3)c(Cc3ccccc3)c2)CC1. The molecule has 0 unspecified atom stereocenters. The van der Waals surface area contributed by atoms with E-state index in [1.54, 1.807) is 0 Å². The third-order valence-corrected chi connectivity index (χ3v) is 7.13. The van der Waals surface area contributed by atoms with E-state index in [0.717, 1.165) is 77.6 Å². The molecule has 3 aromatic carbocycles. The zero-order chi connectivity index (χ0) is 24.6. The van der Waals surface area contributed by atoms with Crippen molar-refractivity contribution in [3.8, 4) is 0 Å². The fourth-order valence-electron chi connectivity index (χ4n) is 5.02. The number of amides is 1. The average Bonchev–Trinajstić information content (AvgIpc) is 2.95. The molecular weight excluding hydrogens is 448 g/mol. The molecule has 0 radical (unpaired) electrons. The van der Waals surface area contributed by atoms with E-state index in [2.05, 4.69) is 63.6 Å². The number of anilines is 2. The summed E-state index contributed by atoms with van der Waals surface area (Å²) in [7, 11) is 0. The number of carbonyl (C=O) groups excluding carboxylic acids is 1. The van der Waals surface area contributed by atoms with E-state index in [1.165, 1.54) is 22.5 Å². The van der Waals surface area contributed by atoms with E-state index in [9.17, 15) is 4.79 Å². The molecular formula is C30H36N4O2. The lowest BCUT2D eigenvalue weighted by molar-refractivity contribution is 0.0398. The van der Waals surface area contributed by atoms with E-state index in [1.807, 2.05) is 35.2 Å². The summed E-state index contributed by atoms with van der Waals surface area (Å²) in [6, 6.07) is 27.0. The number of hydrogen-bond donors (Lipinski definition) is 1. The topological polar surface area (TPSA) is 48.1 Å². The van der Waals surface area contributed by atoms with Gasteiger partial charge in [0.05, 0.1) is 13.2 Å². The Morgan fingerprint density at radius 1 is 0.806 bits per heavy atom. The fraction of sp³-hybridized carbons (Fsp3) is 0.367. The first-order valence-corrected chi connectivity index (χ1v) is 13.1. The molecule has 2 aliphatic heterocycles. The molecule has 3 aromatic rings. The molecule has 1 amide bonds. The standard InChI is InChI=1S/C30H36N4O2/c35-30(26-9-5-2-6-10-26)34-17-15-33(16-18-34)28-11-12-29(31-13-14-32-19-21-36-22-20-32)27(24-28)23-25-7-3-1-4-8-25/h1-12,24,31H,13-23H2. The van der Waals surface area contributed by atoms with E-state index < -0.39 is 0 Å². The molecule has 5 rings (SSSR count). The Kier molecular flexibility index (Phi) is 8.16. The van der Waals surface area contributed by atoms with Crippen molar-refractivity contribution in [2.75, 3.05) is 75.8 Å². The molecule has 0 aliphatic carbocycles. The second-order valence-corrected chi connectivity index (χ2v) is 9.53. The number of hydrogen-bond acceptors (Lipinski definition) is 5. The van der Waals surface area contributed by atoms with Gasteiger partial charge in [0, 0.05) is 69.3 Å². The smallest absolute Gasteiger partial charge is 0.253 e. The summed E-state index contributed by atoms with van der Waals surface area (Å²) in [4.78, 5) is 19.7. The normalized spacial score (nSPS) is 16.7. The predicted molar refractivity (Wildman–Crippen MR) is 146 cm³/mol. The van der Waals surface area contributed by atoms with Crippen LogP contribution in [0.2, 0.25) is 0 Å². The van der Waals surface area contributed by atoms with Crippen molar-refractivity contribution in [1.29, 1.82) is 0 Å². The van der Waals surface area contributed by atoms with Gasteiger partial charge in [-0.3, -0.25) is 9.69 Å². The molecule has 1 N–H and O–H groups in total. The van der Waals surface area contributed by atoms with Crippen LogP contribution in [0.4, 0.5) is 11.4 Å². The van der Waals surface area contributed by atoms with Crippen LogP contribution in [0.1, 0.15) is 21.5 Å². The highest BCUT2D eigenvalue weighted by atomic mass is 16.5. The number of piperazine rings is 1. The van der Waals surface area contributed by atoms with E-state index in [-0.39, 0.29) is 5.91 Å². The lowest BCUT2D eigenvalue weighted by atomic mass is 10.0. The van der Waals surface area contributed by atoms with Crippen molar-refractivity contribution in [2.45, 2.75) is 6.42 Å². The van der Waals surface area contributed by atoms with Gasteiger partial charge in [0.15, 0.2) is 0 Å². The molecule has 2 heterocycles. The van der Waals surface area contributed by atoms with Crippen molar-refractivity contribution in [2.24, 2.45) is 0 Å².